The van der Waals surface area contributed by atoms with Crippen molar-refractivity contribution < 1.29 is 0 Å². The first-order valence-corrected chi connectivity index (χ1v) is 7.55. The van der Waals surface area contributed by atoms with Crippen molar-refractivity contribution in [2.45, 2.75) is 39.3 Å². The lowest BCUT2D eigenvalue weighted by Crippen LogP contribution is -2.18. The molecule has 0 aliphatic carbocycles. The Morgan fingerprint density at radius 2 is 1.95 bits per heavy atom. The van der Waals surface area contributed by atoms with E-state index in [0.717, 1.165) is 11.6 Å². The Labute approximate surface area is 120 Å². The first kappa shape index (κ1) is 13.0. The van der Waals surface area contributed by atoms with Crippen LogP contribution in [0, 0.1) is 0 Å². The zero-order valence-corrected chi connectivity index (χ0v) is 12.5. The van der Waals surface area contributed by atoms with Crippen LogP contribution in [0.1, 0.15) is 38.3 Å². The van der Waals surface area contributed by atoms with Gasteiger partial charge in [0, 0.05) is 24.2 Å². The van der Waals surface area contributed by atoms with Gasteiger partial charge in [-0.05, 0) is 57.5 Å². The monoisotopic (exact) mass is 276 g/mol. The lowest BCUT2D eigenvalue weighted by Gasteiger charge is -2.13. The van der Waals surface area contributed by atoms with Crippen LogP contribution in [0.15, 0.2) is 24.4 Å². The van der Waals surface area contributed by atoms with Crippen molar-refractivity contribution in [1.29, 1.82) is 0 Å². The van der Waals surface area contributed by atoms with Crippen LogP contribution in [0.25, 0.3) is 10.9 Å². The van der Waals surface area contributed by atoms with Gasteiger partial charge in [0.15, 0.2) is 0 Å². The predicted octanol–water partition coefficient (Wildman–Crippen LogP) is 4.47. The molecule has 102 valence electrons. The first-order chi connectivity index (χ1) is 9.16. The van der Waals surface area contributed by atoms with Crippen LogP contribution >= 0.6 is 11.6 Å². The van der Waals surface area contributed by atoms with Gasteiger partial charge in [-0.25, -0.2) is 0 Å². The van der Waals surface area contributed by atoms with E-state index in [1.807, 2.05) is 12.1 Å². The zero-order valence-electron chi connectivity index (χ0n) is 11.7. The summed E-state index contributed by atoms with van der Waals surface area (Å²) in [4.78, 5) is 2.53. The summed E-state index contributed by atoms with van der Waals surface area (Å²) in [7, 11) is 0. The molecule has 3 rings (SSSR count). The average molecular weight is 277 g/mol. The van der Waals surface area contributed by atoms with Crippen molar-refractivity contribution in [3.8, 4) is 0 Å². The molecular formula is C16H21ClN2. The number of rotatable bonds is 3. The first-order valence-electron chi connectivity index (χ1n) is 7.17. The maximum atomic E-state index is 6.43. The van der Waals surface area contributed by atoms with Crippen molar-refractivity contribution in [2.24, 2.45) is 0 Å². The second-order valence-electron chi connectivity index (χ2n) is 5.77. The molecule has 0 radical (unpaired) electrons. The van der Waals surface area contributed by atoms with Gasteiger partial charge in [0.05, 0.1) is 10.5 Å². The number of halogens is 1. The molecule has 1 aliphatic heterocycles. The van der Waals surface area contributed by atoms with Crippen LogP contribution in [0.2, 0.25) is 5.02 Å². The molecule has 1 fully saturated rings. The minimum atomic E-state index is 0.466. The molecule has 0 amide bonds. The van der Waals surface area contributed by atoms with Gasteiger partial charge in [0.25, 0.3) is 0 Å². The van der Waals surface area contributed by atoms with Gasteiger partial charge in [-0.3, -0.25) is 4.90 Å². The number of hydrogen-bond acceptors (Lipinski definition) is 1. The smallest absolute Gasteiger partial charge is 0.0503 e. The van der Waals surface area contributed by atoms with E-state index in [1.54, 1.807) is 0 Å². The molecule has 3 heteroatoms. The number of benzene rings is 1. The maximum absolute atomic E-state index is 6.43. The Hall–Kier alpha value is -0.990. The highest BCUT2D eigenvalue weighted by Gasteiger charge is 2.17. The van der Waals surface area contributed by atoms with E-state index in [1.165, 1.54) is 42.4 Å². The van der Waals surface area contributed by atoms with Crippen LogP contribution in [0.4, 0.5) is 0 Å². The standard InChI is InChI=1S/C16H21ClN2/c1-12(2)19-11-13(10-18-8-3-4-9-18)16-14(17)6-5-7-15(16)19/h5-7,11-12H,3-4,8-10H2,1-2H3. The second kappa shape index (κ2) is 5.18. The van der Waals surface area contributed by atoms with E-state index in [0.29, 0.717) is 6.04 Å². The Kier molecular flexibility index (Phi) is 3.55. The molecule has 2 aromatic rings. The highest BCUT2D eigenvalue weighted by Crippen LogP contribution is 2.32. The average Bonchev–Trinajstić information content (AvgIpc) is 2.98. The van der Waals surface area contributed by atoms with E-state index in [-0.39, 0.29) is 0 Å². The number of fused-ring (bicyclic) bond motifs is 1. The molecule has 0 bridgehead atoms. The lowest BCUT2D eigenvalue weighted by molar-refractivity contribution is 0.332. The van der Waals surface area contributed by atoms with Crippen molar-refractivity contribution >= 4 is 22.5 Å². The van der Waals surface area contributed by atoms with E-state index < -0.39 is 0 Å². The van der Waals surface area contributed by atoms with Gasteiger partial charge in [0.2, 0.25) is 0 Å². The molecule has 2 heterocycles. The van der Waals surface area contributed by atoms with E-state index >= 15 is 0 Å². The third kappa shape index (κ3) is 2.39. The minimum absolute atomic E-state index is 0.466. The van der Waals surface area contributed by atoms with Crippen LogP contribution in [-0.2, 0) is 6.54 Å². The Bertz CT molecular complexity index is 580. The number of hydrogen-bond donors (Lipinski definition) is 0. The topological polar surface area (TPSA) is 8.17 Å². The van der Waals surface area contributed by atoms with Crippen LogP contribution in [-0.4, -0.2) is 22.6 Å². The van der Waals surface area contributed by atoms with Gasteiger partial charge in [0.1, 0.15) is 0 Å². The summed E-state index contributed by atoms with van der Waals surface area (Å²) in [6.07, 6.45) is 4.95. The van der Waals surface area contributed by atoms with Gasteiger partial charge in [-0.1, -0.05) is 17.7 Å². The van der Waals surface area contributed by atoms with Gasteiger partial charge in [-0.15, -0.1) is 0 Å². The highest BCUT2D eigenvalue weighted by atomic mass is 35.5. The summed E-state index contributed by atoms with van der Waals surface area (Å²) in [5.74, 6) is 0. The van der Waals surface area contributed by atoms with Crippen LogP contribution < -0.4 is 0 Å². The van der Waals surface area contributed by atoms with E-state index in [9.17, 15) is 0 Å². The lowest BCUT2D eigenvalue weighted by atomic mass is 10.1. The second-order valence-corrected chi connectivity index (χ2v) is 6.18. The van der Waals surface area contributed by atoms with Crippen molar-refractivity contribution in [1.82, 2.24) is 9.47 Å². The van der Waals surface area contributed by atoms with E-state index in [2.05, 4.69) is 35.6 Å². The molecule has 1 aromatic heterocycles. The summed E-state index contributed by atoms with van der Waals surface area (Å²) < 4.78 is 2.34. The molecule has 0 N–H and O–H groups in total. The molecule has 1 saturated heterocycles. The molecule has 1 aromatic carbocycles. The number of likely N-dealkylation sites (tertiary alicyclic amines) is 1. The third-order valence-corrected chi connectivity index (χ3v) is 4.35. The number of nitrogens with zero attached hydrogens (tertiary/aromatic N) is 2. The van der Waals surface area contributed by atoms with Crippen molar-refractivity contribution in [3.63, 3.8) is 0 Å². The summed E-state index contributed by atoms with van der Waals surface area (Å²) >= 11 is 6.43. The largest absolute Gasteiger partial charge is 0.345 e. The molecular weight excluding hydrogens is 256 g/mol. The Balaban J connectivity index is 2.07. The SMILES string of the molecule is CC(C)n1cc(CN2CCCC2)c2c(Cl)cccc21. The molecule has 19 heavy (non-hydrogen) atoms. The zero-order chi connectivity index (χ0) is 13.4. The fraction of sp³-hybridized carbons (Fsp3) is 0.500. The Morgan fingerprint density at radius 1 is 1.21 bits per heavy atom. The fourth-order valence-corrected chi connectivity index (χ4v) is 3.37. The van der Waals surface area contributed by atoms with E-state index in [4.69, 9.17) is 11.6 Å². The van der Waals surface area contributed by atoms with Crippen LogP contribution in [0.5, 0.6) is 0 Å². The molecule has 1 aliphatic rings. The quantitative estimate of drug-likeness (QED) is 0.803. The van der Waals surface area contributed by atoms with Gasteiger partial charge in [-0.2, -0.15) is 0 Å². The fourth-order valence-electron chi connectivity index (χ4n) is 3.08. The van der Waals surface area contributed by atoms with Gasteiger partial charge >= 0.3 is 0 Å². The summed E-state index contributed by atoms with van der Waals surface area (Å²) in [5, 5.41) is 2.12. The summed E-state index contributed by atoms with van der Waals surface area (Å²) in [5.41, 5.74) is 2.63. The molecule has 0 saturated carbocycles. The van der Waals surface area contributed by atoms with Gasteiger partial charge < -0.3 is 4.57 Å². The maximum Gasteiger partial charge on any atom is 0.0503 e. The van der Waals surface area contributed by atoms with Crippen molar-refractivity contribution in [2.75, 3.05) is 13.1 Å². The van der Waals surface area contributed by atoms with Crippen LogP contribution in [0.3, 0.4) is 0 Å². The molecule has 0 spiro atoms. The minimum Gasteiger partial charge on any atom is -0.345 e. The molecule has 2 nitrogen and oxygen atoms in total. The third-order valence-electron chi connectivity index (χ3n) is 4.03. The normalized spacial score (nSPS) is 16.8. The Morgan fingerprint density at radius 3 is 2.63 bits per heavy atom. The summed E-state index contributed by atoms with van der Waals surface area (Å²) in [6, 6.07) is 6.69. The summed E-state index contributed by atoms with van der Waals surface area (Å²) in [6.45, 7) is 7.91. The number of aromatic nitrogens is 1. The molecule has 0 unspecified atom stereocenters. The molecule has 0 atom stereocenters. The van der Waals surface area contributed by atoms with Crippen molar-refractivity contribution in [3.05, 3.63) is 35.0 Å². The predicted molar refractivity (Wildman–Crippen MR) is 81.8 cm³/mol. The highest BCUT2D eigenvalue weighted by molar-refractivity contribution is 6.35.